The second kappa shape index (κ2) is 7.23. The van der Waals surface area contributed by atoms with E-state index in [4.69, 9.17) is 25.8 Å². The topological polar surface area (TPSA) is 49.2 Å². The zero-order valence-corrected chi connectivity index (χ0v) is 16.0. The maximum Gasteiger partial charge on any atom is 0.338 e. The molecule has 1 N–H and O–H groups in total. The smallest absolute Gasteiger partial charge is 0.338 e. The molecule has 1 aromatic rings. The maximum absolute atomic E-state index is 12.4. The van der Waals surface area contributed by atoms with Crippen molar-refractivity contribution in [1.29, 1.82) is 0 Å². The maximum atomic E-state index is 12.4. The molecule has 4 atom stereocenters. The summed E-state index contributed by atoms with van der Waals surface area (Å²) in [5.41, 5.74) is 0.174. The van der Waals surface area contributed by atoms with Gasteiger partial charge in [0.25, 0.3) is 0 Å². The van der Waals surface area contributed by atoms with Gasteiger partial charge >= 0.3 is 5.97 Å². The average Bonchev–Trinajstić information content (AvgIpc) is 3.10. The van der Waals surface area contributed by atoms with Crippen LogP contribution in [0.1, 0.15) is 38.1 Å². The van der Waals surface area contributed by atoms with Crippen LogP contribution >= 0.6 is 11.6 Å². The van der Waals surface area contributed by atoms with Crippen LogP contribution in [0.2, 0.25) is 5.02 Å². The second-order valence-electron chi connectivity index (χ2n) is 7.77. The third-order valence-corrected chi connectivity index (χ3v) is 5.33. The van der Waals surface area contributed by atoms with Gasteiger partial charge in [0.1, 0.15) is 13.2 Å². The van der Waals surface area contributed by atoms with E-state index in [1.54, 1.807) is 24.3 Å². The summed E-state index contributed by atoms with van der Waals surface area (Å²) >= 11 is 5.87. The minimum Gasteiger partial charge on any atom is -0.455 e. The third kappa shape index (κ3) is 3.56. The normalized spacial score (nSPS) is 31.6. The number of quaternary nitrogens is 1. The fourth-order valence-corrected chi connectivity index (χ4v) is 3.92. The van der Waals surface area contributed by atoms with Crippen LogP contribution in [-0.4, -0.2) is 43.8 Å². The summed E-state index contributed by atoms with van der Waals surface area (Å²) < 4.78 is 17.8. The van der Waals surface area contributed by atoms with Crippen LogP contribution in [0.5, 0.6) is 0 Å². The van der Waals surface area contributed by atoms with E-state index in [9.17, 15) is 4.79 Å². The number of benzene rings is 1. The highest BCUT2D eigenvalue weighted by molar-refractivity contribution is 6.30. The Bertz CT molecular complexity index is 596. The zero-order chi connectivity index (χ0) is 18.2. The van der Waals surface area contributed by atoms with E-state index in [2.05, 4.69) is 27.7 Å². The van der Waals surface area contributed by atoms with Crippen LogP contribution < -0.4 is 4.90 Å². The van der Waals surface area contributed by atoms with Crippen molar-refractivity contribution in [3.05, 3.63) is 34.9 Å². The van der Waals surface area contributed by atoms with E-state index in [0.717, 1.165) is 0 Å². The largest absolute Gasteiger partial charge is 0.455 e. The van der Waals surface area contributed by atoms with Crippen molar-refractivity contribution in [2.75, 3.05) is 19.8 Å². The molecule has 0 amide bonds. The number of fused-ring (bicyclic) bond motifs is 1. The van der Waals surface area contributed by atoms with E-state index in [0.29, 0.717) is 35.6 Å². The number of esters is 1. The van der Waals surface area contributed by atoms with Gasteiger partial charge in [0.15, 0.2) is 24.6 Å². The van der Waals surface area contributed by atoms with E-state index in [1.165, 1.54) is 4.90 Å². The van der Waals surface area contributed by atoms with Gasteiger partial charge in [-0.15, -0.1) is 0 Å². The monoisotopic (exact) mass is 368 g/mol. The predicted molar refractivity (Wildman–Crippen MR) is 94.6 cm³/mol. The summed E-state index contributed by atoms with van der Waals surface area (Å²) in [7, 11) is 0. The van der Waals surface area contributed by atoms with E-state index >= 15 is 0 Å². The lowest BCUT2D eigenvalue weighted by atomic mass is 9.99. The quantitative estimate of drug-likeness (QED) is 0.809. The molecular formula is C19H27ClNO4+. The van der Waals surface area contributed by atoms with Crippen molar-refractivity contribution >= 4 is 17.6 Å². The molecular weight excluding hydrogens is 342 g/mol. The van der Waals surface area contributed by atoms with Crippen LogP contribution in [0.3, 0.4) is 0 Å². The van der Waals surface area contributed by atoms with Gasteiger partial charge in [0, 0.05) is 16.9 Å². The summed E-state index contributed by atoms with van der Waals surface area (Å²) in [6, 6.07) is 6.73. The van der Waals surface area contributed by atoms with Crippen molar-refractivity contribution < 1.29 is 23.9 Å². The first-order chi connectivity index (χ1) is 11.8. The molecule has 138 valence electrons. The molecule has 2 heterocycles. The Labute approximate surface area is 154 Å². The van der Waals surface area contributed by atoms with Crippen LogP contribution in [0.25, 0.3) is 0 Å². The lowest BCUT2D eigenvalue weighted by Gasteiger charge is -2.33. The van der Waals surface area contributed by atoms with Gasteiger partial charge in [-0.05, 0) is 24.3 Å². The molecule has 0 saturated carbocycles. The molecule has 2 aliphatic rings. The summed E-state index contributed by atoms with van der Waals surface area (Å²) in [4.78, 5) is 13.6. The molecule has 0 spiro atoms. The molecule has 5 nitrogen and oxygen atoms in total. The molecule has 2 aliphatic heterocycles. The van der Waals surface area contributed by atoms with Crippen LogP contribution in [-0.2, 0) is 14.2 Å². The highest BCUT2D eigenvalue weighted by Crippen LogP contribution is 2.25. The van der Waals surface area contributed by atoms with Gasteiger partial charge in [-0.3, -0.25) is 4.90 Å². The molecule has 3 rings (SSSR count). The van der Waals surface area contributed by atoms with Crippen molar-refractivity contribution in [1.82, 2.24) is 0 Å². The number of carbonyl (C=O) groups is 1. The highest BCUT2D eigenvalue weighted by atomic mass is 35.5. The molecule has 0 bridgehead atoms. The Balaban J connectivity index is 1.73. The average molecular weight is 369 g/mol. The fourth-order valence-electron chi connectivity index (χ4n) is 3.79. The summed E-state index contributed by atoms with van der Waals surface area (Å²) in [5, 5.41) is 0.596. The number of ether oxygens (including phenoxy) is 3. The first-order valence-electron chi connectivity index (χ1n) is 8.87. The van der Waals surface area contributed by atoms with Gasteiger partial charge in [0.2, 0.25) is 0 Å². The Kier molecular flexibility index (Phi) is 5.40. The summed E-state index contributed by atoms with van der Waals surface area (Å²) in [5.74, 6) is 0.393. The van der Waals surface area contributed by atoms with Crippen molar-refractivity contribution in [3.63, 3.8) is 0 Å². The number of hydrogen-bond donors (Lipinski definition) is 1. The molecule has 0 aliphatic carbocycles. The Morgan fingerprint density at radius 2 is 1.68 bits per heavy atom. The Morgan fingerprint density at radius 1 is 1.16 bits per heavy atom. The standard InChI is InChI=1S/C19H26ClNO4/c1-12(2)16-21-17(13(3)4)24-10-19(21,9-23-16)11-25-18(22)14-5-7-15(20)8-6-14/h5-8,12-13,16-17H,9-11H2,1-4H3/p+1/t16-,17+,19?. The van der Waals surface area contributed by atoms with E-state index in [-0.39, 0.29) is 30.6 Å². The highest BCUT2D eigenvalue weighted by Gasteiger charge is 2.62. The van der Waals surface area contributed by atoms with Crippen molar-refractivity contribution in [3.8, 4) is 0 Å². The fraction of sp³-hybridized carbons (Fsp3) is 0.632. The zero-order valence-electron chi connectivity index (χ0n) is 15.3. The molecule has 0 radical (unpaired) electrons. The lowest BCUT2D eigenvalue weighted by molar-refractivity contribution is -0.995. The molecule has 25 heavy (non-hydrogen) atoms. The van der Waals surface area contributed by atoms with Crippen molar-refractivity contribution in [2.24, 2.45) is 11.8 Å². The molecule has 1 aromatic carbocycles. The number of halogens is 1. The van der Waals surface area contributed by atoms with Gasteiger partial charge in [-0.25, -0.2) is 4.79 Å². The first kappa shape index (κ1) is 18.6. The van der Waals surface area contributed by atoms with E-state index < -0.39 is 0 Å². The SMILES string of the molecule is CC(C)[C@H]1OCC2(COC(=O)c3ccc(Cl)cc3)CO[C@@H](C(C)C)[NH+]12. The van der Waals surface area contributed by atoms with Crippen molar-refractivity contribution in [2.45, 2.75) is 45.7 Å². The summed E-state index contributed by atoms with van der Waals surface area (Å²) in [6.07, 6.45) is 0.119. The Hall–Kier alpha value is -1.14. The molecule has 2 unspecified atom stereocenters. The number of carbonyl (C=O) groups excluding carboxylic acids is 1. The minimum absolute atomic E-state index is 0.0594. The first-order valence-corrected chi connectivity index (χ1v) is 9.25. The van der Waals surface area contributed by atoms with Gasteiger partial charge in [-0.2, -0.15) is 0 Å². The number of nitrogens with one attached hydrogen (secondary N) is 1. The molecule has 6 heteroatoms. The number of hydrogen-bond acceptors (Lipinski definition) is 4. The molecule has 2 saturated heterocycles. The summed E-state index contributed by atoms with van der Waals surface area (Å²) in [6.45, 7) is 10.00. The van der Waals surface area contributed by atoms with Gasteiger partial charge in [0.05, 0.1) is 5.56 Å². The van der Waals surface area contributed by atoms with Gasteiger partial charge < -0.3 is 14.2 Å². The van der Waals surface area contributed by atoms with E-state index in [1.807, 2.05) is 0 Å². The number of rotatable bonds is 5. The van der Waals surface area contributed by atoms with Crippen LogP contribution in [0.15, 0.2) is 24.3 Å². The third-order valence-electron chi connectivity index (χ3n) is 5.07. The molecule has 2 fully saturated rings. The Morgan fingerprint density at radius 3 is 2.16 bits per heavy atom. The lowest BCUT2D eigenvalue weighted by Crippen LogP contribution is -3.24. The minimum atomic E-state index is -0.341. The molecule has 0 aromatic heterocycles. The van der Waals surface area contributed by atoms with Crippen LogP contribution in [0.4, 0.5) is 0 Å². The van der Waals surface area contributed by atoms with Gasteiger partial charge in [-0.1, -0.05) is 39.3 Å². The second-order valence-corrected chi connectivity index (χ2v) is 8.21. The predicted octanol–water partition coefficient (Wildman–Crippen LogP) is 2.15. The van der Waals surface area contributed by atoms with Crippen LogP contribution in [0, 0.1) is 11.8 Å².